The number of halogens is 3. The van der Waals surface area contributed by atoms with Crippen molar-refractivity contribution in [1.82, 2.24) is 15.1 Å². The van der Waals surface area contributed by atoms with Crippen LogP contribution in [0.25, 0.3) is 0 Å². The standard InChI is InChI=1S/C13H24F3N3O/c1-4-19(9-5-8-18(2)3)11(20)12(13(14,15)16)6-7-17-10-12/h17H,4-10H2,1-3H3. The number of carbonyl (C=O) groups excluding carboxylic acids is 1. The third-order valence-electron chi connectivity index (χ3n) is 3.81. The molecule has 20 heavy (non-hydrogen) atoms. The average molecular weight is 295 g/mol. The van der Waals surface area contributed by atoms with Crippen LogP contribution in [0.5, 0.6) is 0 Å². The minimum absolute atomic E-state index is 0.167. The quantitative estimate of drug-likeness (QED) is 0.803. The number of hydrogen-bond donors (Lipinski definition) is 1. The second kappa shape index (κ2) is 6.76. The third-order valence-corrected chi connectivity index (χ3v) is 3.81. The number of nitrogens with one attached hydrogen (secondary N) is 1. The fraction of sp³-hybridized carbons (Fsp3) is 0.923. The summed E-state index contributed by atoms with van der Waals surface area (Å²) in [6, 6.07) is 0. The van der Waals surface area contributed by atoms with Gasteiger partial charge in [-0.15, -0.1) is 0 Å². The van der Waals surface area contributed by atoms with Gasteiger partial charge in [0, 0.05) is 19.6 Å². The van der Waals surface area contributed by atoms with Crippen molar-refractivity contribution in [3.8, 4) is 0 Å². The fourth-order valence-corrected chi connectivity index (χ4v) is 2.52. The summed E-state index contributed by atoms with van der Waals surface area (Å²) in [6.45, 7) is 3.08. The van der Waals surface area contributed by atoms with Crippen molar-refractivity contribution in [2.75, 3.05) is 46.8 Å². The van der Waals surface area contributed by atoms with Crippen LogP contribution in [0, 0.1) is 5.41 Å². The lowest BCUT2D eigenvalue weighted by molar-refractivity contribution is -0.221. The molecule has 0 radical (unpaired) electrons. The van der Waals surface area contributed by atoms with Gasteiger partial charge in [0.25, 0.3) is 0 Å². The van der Waals surface area contributed by atoms with Crippen LogP contribution >= 0.6 is 0 Å². The zero-order valence-corrected chi connectivity index (χ0v) is 12.4. The largest absolute Gasteiger partial charge is 0.404 e. The number of carbonyl (C=O) groups is 1. The van der Waals surface area contributed by atoms with Gasteiger partial charge >= 0.3 is 6.18 Å². The van der Waals surface area contributed by atoms with Gasteiger partial charge in [0.1, 0.15) is 0 Å². The van der Waals surface area contributed by atoms with E-state index < -0.39 is 17.5 Å². The maximum absolute atomic E-state index is 13.3. The normalized spacial score (nSPS) is 23.4. The Kier molecular flexibility index (Phi) is 5.82. The van der Waals surface area contributed by atoms with Gasteiger partial charge in [-0.1, -0.05) is 0 Å². The van der Waals surface area contributed by atoms with E-state index in [2.05, 4.69) is 5.32 Å². The predicted octanol–water partition coefficient (Wildman–Crippen LogP) is 1.33. The highest BCUT2D eigenvalue weighted by Crippen LogP contribution is 2.44. The highest BCUT2D eigenvalue weighted by molar-refractivity contribution is 5.84. The fourth-order valence-electron chi connectivity index (χ4n) is 2.52. The van der Waals surface area contributed by atoms with Crippen LogP contribution in [-0.2, 0) is 4.79 Å². The molecule has 1 N–H and O–H groups in total. The number of alkyl halides is 3. The molecule has 1 saturated heterocycles. The minimum Gasteiger partial charge on any atom is -0.342 e. The first-order valence-corrected chi connectivity index (χ1v) is 6.96. The summed E-state index contributed by atoms with van der Waals surface area (Å²) in [7, 11) is 3.80. The first kappa shape index (κ1) is 17.2. The monoisotopic (exact) mass is 295 g/mol. The molecular formula is C13H24F3N3O. The van der Waals surface area contributed by atoms with E-state index in [0.717, 1.165) is 6.54 Å². The number of nitrogens with zero attached hydrogens (tertiary/aromatic N) is 2. The molecule has 0 aromatic carbocycles. The van der Waals surface area contributed by atoms with Gasteiger partial charge < -0.3 is 15.1 Å². The molecule has 1 amide bonds. The summed E-state index contributed by atoms with van der Waals surface area (Å²) < 4.78 is 40.0. The number of hydrogen-bond acceptors (Lipinski definition) is 3. The first-order valence-electron chi connectivity index (χ1n) is 6.96. The Morgan fingerprint density at radius 1 is 1.30 bits per heavy atom. The van der Waals surface area contributed by atoms with E-state index in [1.165, 1.54) is 4.90 Å². The van der Waals surface area contributed by atoms with Crippen molar-refractivity contribution in [3.63, 3.8) is 0 Å². The van der Waals surface area contributed by atoms with Crippen molar-refractivity contribution in [3.05, 3.63) is 0 Å². The Balaban J connectivity index is 2.77. The van der Waals surface area contributed by atoms with Crippen molar-refractivity contribution in [1.29, 1.82) is 0 Å². The Hall–Kier alpha value is -0.820. The summed E-state index contributed by atoms with van der Waals surface area (Å²) in [5, 5.41) is 2.68. The molecule has 0 aliphatic carbocycles. The van der Waals surface area contributed by atoms with Gasteiger partial charge in [-0.25, -0.2) is 0 Å². The molecule has 118 valence electrons. The van der Waals surface area contributed by atoms with E-state index in [1.54, 1.807) is 6.92 Å². The van der Waals surface area contributed by atoms with Crippen LogP contribution in [0.2, 0.25) is 0 Å². The molecule has 1 aliphatic rings. The second-order valence-electron chi connectivity index (χ2n) is 5.55. The highest BCUT2D eigenvalue weighted by atomic mass is 19.4. The highest BCUT2D eigenvalue weighted by Gasteiger charge is 2.62. The third kappa shape index (κ3) is 3.63. The Morgan fingerprint density at radius 3 is 2.35 bits per heavy atom. The SMILES string of the molecule is CCN(CCCN(C)C)C(=O)C1(C(F)(F)F)CCNC1. The van der Waals surface area contributed by atoms with Gasteiger partial charge in [0.05, 0.1) is 0 Å². The van der Waals surface area contributed by atoms with Crippen LogP contribution in [0.4, 0.5) is 13.2 Å². The molecule has 0 aromatic rings. The molecule has 1 rings (SSSR count). The summed E-state index contributed by atoms with van der Waals surface area (Å²) >= 11 is 0. The zero-order chi connectivity index (χ0) is 15.4. The number of rotatable bonds is 6. The molecule has 0 bridgehead atoms. The molecule has 1 fully saturated rings. The minimum atomic E-state index is -4.50. The Morgan fingerprint density at radius 2 is 1.95 bits per heavy atom. The van der Waals surface area contributed by atoms with Gasteiger partial charge in [-0.05, 0) is 47.0 Å². The van der Waals surface area contributed by atoms with Crippen LogP contribution in [0.1, 0.15) is 19.8 Å². The van der Waals surface area contributed by atoms with E-state index in [9.17, 15) is 18.0 Å². The van der Waals surface area contributed by atoms with E-state index in [1.807, 2.05) is 19.0 Å². The first-order chi connectivity index (χ1) is 9.24. The van der Waals surface area contributed by atoms with Crippen molar-refractivity contribution >= 4 is 5.91 Å². The molecule has 1 heterocycles. The lowest BCUT2D eigenvalue weighted by Crippen LogP contribution is -2.53. The molecule has 0 aromatic heterocycles. The predicted molar refractivity (Wildman–Crippen MR) is 71.4 cm³/mol. The smallest absolute Gasteiger partial charge is 0.342 e. The van der Waals surface area contributed by atoms with Crippen molar-refractivity contribution < 1.29 is 18.0 Å². The van der Waals surface area contributed by atoms with Gasteiger partial charge in [-0.3, -0.25) is 4.79 Å². The molecule has 4 nitrogen and oxygen atoms in total. The molecule has 1 atom stereocenters. The molecule has 1 aliphatic heterocycles. The van der Waals surface area contributed by atoms with Gasteiger partial charge in [-0.2, -0.15) is 13.2 Å². The maximum Gasteiger partial charge on any atom is 0.404 e. The zero-order valence-electron chi connectivity index (χ0n) is 12.4. The topological polar surface area (TPSA) is 35.6 Å². The molecule has 7 heteroatoms. The van der Waals surface area contributed by atoms with E-state index in [-0.39, 0.29) is 19.5 Å². The summed E-state index contributed by atoms with van der Waals surface area (Å²) in [5.74, 6) is -0.781. The lowest BCUT2D eigenvalue weighted by atomic mass is 9.84. The lowest BCUT2D eigenvalue weighted by Gasteiger charge is -2.35. The summed E-state index contributed by atoms with van der Waals surface area (Å²) in [5.41, 5.74) is -2.23. The van der Waals surface area contributed by atoms with Crippen LogP contribution in [-0.4, -0.2) is 68.7 Å². The van der Waals surface area contributed by atoms with Crippen molar-refractivity contribution in [2.45, 2.75) is 25.9 Å². The van der Waals surface area contributed by atoms with Gasteiger partial charge in [0.15, 0.2) is 5.41 Å². The Labute approximate surface area is 118 Å². The molecule has 0 saturated carbocycles. The number of amides is 1. The maximum atomic E-state index is 13.3. The van der Waals surface area contributed by atoms with E-state index >= 15 is 0 Å². The summed E-state index contributed by atoms with van der Waals surface area (Å²) in [6.07, 6.45) is -3.99. The molecular weight excluding hydrogens is 271 g/mol. The van der Waals surface area contributed by atoms with E-state index in [4.69, 9.17) is 0 Å². The van der Waals surface area contributed by atoms with E-state index in [0.29, 0.717) is 19.5 Å². The Bertz CT molecular complexity index is 325. The molecule has 1 unspecified atom stereocenters. The summed E-state index contributed by atoms with van der Waals surface area (Å²) in [4.78, 5) is 15.7. The average Bonchev–Trinajstić information content (AvgIpc) is 2.83. The van der Waals surface area contributed by atoms with Crippen LogP contribution in [0.15, 0.2) is 0 Å². The van der Waals surface area contributed by atoms with Crippen LogP contribution < -0.4 is 5.32 Å². The van der Waals surface area contributed by atoms with Crippen LogP contribution in [0.3, 0.4) is 0 Å². The van der Waals surface area contributed by atoms with Gasteiger partial charge in [0.2, 0.25) is 5.91 Å². The molecule has 0 spiro atoms. The second-order valence-corrected chi connectivity index (χ2v) is 5.55. The van der Waals surface area contributed by atoms with Crippen molar-refractivity contribution in [2.24, 2.45) is 5.41 Å².